The van der Waals surface area contributed by atoms with E-state index in [1.54, 1.807) is 20.3 Å². The average Bonchev–Trinajstić information content (AvgIpc) is 2.37. The molecule has 2 N–H and O–H groups in total. The first-order chi connectivity index (χ1) is 8.56. The predicted octanol–water partition coefficient (Wildman–Crippen LogP) is 2.19. The second-order valence-corrected chi connectivity index (χ2v) is 4.35. The fourth-order valence-electron chi connectivity index (χ4n) is 1.83. The van der Waals surface area contributed by atoms with Crippen LogP contribution in [0.1, 0.15) is 11.3 Å². The number of nitrogens with zero attached hydrogens (tertiary/aromatic N) is 1. The molecule has 1 aromatic heterocycles. The smallest absolute Gasteiger partial charge is 0.148 e. The number of hydrogen-bond donors (Lipinski definition) is 1. The molecule has 18 heavy (non-hydrogen) atoms. The highest BCUT2D eigenvalue weighted by Gasteiger charge is 2.11. The molecule has 0 atom stereocenters. The molecule has 0 spiro atoms. The fourth-order valence-corrected chi connectivity index (χ4v) is 1.94. The summed E-state index contributed by atoms with van der Waals surface area (Å²) in [5, 5.41) is 0.964. The van der Waals surface area contributed by atoms with Gasteiger partial charge in [0.05, 0.1) is 19.9 Å². The lowest BCUT2D eigenvalue weighted by molar-refractivity contribution is 0.397. The molecule has 0 aliphatic heterocycles. The summed E-state index contributed by atoms with van der Waals surface area (Å²) in [6, 6.07) is 5.57. The zero-order valence-corrected chi connectivity index (χ0v) is 11.3. The first kappa shape index (κ1) is 12.6. The number of rotatable bonds is 3. The quantitative estimate of drug-likeness (QED) is 0.859. The van der Waals surface area contributed by atoms with Crippen molar-refractivity contribution in [3.05, 3.63) is 29.5 Å². The molecule has 0 fully saturated rings. The van der Waals surface area contributed by atoms with Crippen molar-refractivity contribution in [3.8, 4) is 11.5 Å². The normalized spacial score (nSPS) is 10.4. The predicted molar refractivity (Wildman–Crippen MR) is 75.5 cm³/mol. The van der Waals surface area contributed by atoms with E-state index in [1.807, 2.05) is 19.1 Å². The van der Waals surface area contributed by atoms with Crippen LogP contribution in [-0.2, 0) is 0 Å². The van der Waals surface area contributed by atoms with Crippen LogP contribution in [0.4, 0.5) is 0 Å². The van der Waals surface area contributed by atoms with Crippen LogP contribution in [0, 0.1) is 6.92 Å². The second kappa shape index (κ2) is 4.78. The van der Waals surface area contributed by atoms with Gasteiger partial charge in [-0.15, -0.1) is 0 Å². The molecule has 1 heterocycles. The Morgan fingerprint density at radius 1 is 1.22 bits per heavy atom. The van der Waals surface area contributed by atoms with Gasteiger partial charge in [0.2, 0.25) is 0 Å². The summed E-state index contributed by atoms with van der Waals surface area (Å²) in [7, 11) is 3.21. The van der Waals surface area contributed by atoms with E-state index in [0.717, 1.165) is 22.2 Å². The Morgan fingerprint density at radius 2 is 1.94 bits per heavy atom. The lowest BCUT2D eigenvalue weighted by Crippen LogP contribution is -2.12. The summed E-state index contributed by atoms with van der Waals surface area (Å²) in [4.78, 5) is 4.71. The Labute approximate surface area is 111 Å². The second-order valence-electron chi connectivity index (χ2n) is 3.91. The minimum absolute atomic E-state index is 0.276. The fraction of sp³-hybridized carbons (Fsp3) is 0.231. The van der Waals surface area contributed by atoms with Crippen LogP contribution in [0.2, 0.25) is 0 Å². The van der Waals surface area contributed by atoms with Gasteiger partial charge in [0.15, 0.2) is 0 Å². The highest BCUT2D eigenvalue weighted by molar-refractivity contribution is 7.80. The van der Waals surface area contributed by atoms with Gasteiger partial charge in [-0.25, -0.2) is 4.98 Å². The summed E-state index contributed by atoms with van der Waals surface area (Å²) in [6.45, 7) is 1.98. The monoisotopic (exact) mass is 262 g/mol. The van der Waals surface area contributed by atoms with Gasteiger partial charge in [-0.3, -0.25) is 0 Å². The van der Waals surface area contributed by atoms with Crippen molar-refractivity contribution >= 4 is 28.1 Å². The standard InChI is InChI=1S/C13H14N2O2S/c1-7-4-10(13(14)18)15-12-9(7)5-8(16-2)6-11(12)17-3/h4-6H,1-3H3,(H2,14,18). The molecule has 1 aromatic carbocycles. The van der Waals surface area contributed by atoms with Crippen LogP contribution < -0.4 is 15.2 Å². The van der Waals surface area contributed by atoms with Crippen molar-refractivity contribution in [3.63, 3.8) is 0 Å². The number of thiocarbonyl (C=S) groups is 1. The van der Waals surface area contributed by atoms with E-state index in [4.69, 9.17) is 27.4 Å². The van der Waals surface area contributed by atoms with Crippen molar-refractivity contribution in [2.24, 2.45) is 5.73 Å². The van der Waals surface area contributed by atoms with E-state index < -0.39 is 0 Å². The highest BCUT2D eigenvalue weighted by atomic mass is 32.1. The van der Waals surface area contributed by atoms with Gasteiger partial charge in [0.25, 0.3) is 0 Å². The maximum absolute atomic E-state index is 5.62. The minimum atomic E-state index is 0.276. The maximum atomic E-state index is 5.62. The van der Waals surface area contributed by atoms with Crippen molar-refractivity contribution < 1.29 is 9.47 Å². The molecular formula is C13H14N2O2S. The summed E-state index contributed by atoms with van der Waals surface area (Å²) in [6.07, 6.45) is 0. The molecule has 2 aromatic rings. The molecule has 0 unspecified atom stereocenters. The van der Waals surface area contributed by atoms with Crippen molar-refractivity contribution in [2.75, 3.05) is 14.2 Å². The lowest BCUT2D eigenvalue weighted by Gasteiger charge is -2.11. The van der Waals surface area contributed by atoms with Crippen LogP contribution in [0.25, 0.3) is 10.9 Å². The van der Waals surface area contributed by atoms with E-state index in [9.17, 15) is 0 Å². The van der Waals surface area contributed by atoms with Crippen molar-refractivity contribution in [2.45, 2.75) is 6.92 Å². The Balaban J connectivity index is 2.82. The van der Waals surface area contributed by atoms with Crippen LogP contribution in [0.3, 0.4) is 0 Å². The first-order valence-electron chi connectivity index (χ1n) is 5.40. The van der Waals surface area contributed by atoms with Crippen LogP contribution in [0.15, 0.2) is 18.2 Å². The number of aryl methyl sites for hydroxylation is 1. The number of aromatic nitrogens is 1. The lowest BCUT2D eigenvalue weighted by atomic mass is 10.1. The first-order valence-corrected chi connectivity index (χ1v) is 5.81. The Kier molecular flexibility index (Phi) is 3.34. The molecular weight excluding hydrogens is 248 g/mol. The highest BCUT2D eigenvalue weighted by Crippen LogP contribution is 2.31. The summed E-state index contributed by atoms with van der Waals surface area (Å²) < 4.78 is 10.6. The summed E-state index contributed by atoms with van der Waals surface area (Å²) in [5.41, 5.74) is 7.99. The van der Waals surface area contributed by atoms with Gasteiger partial charge in [0.1, 0.15) is 22.0 Å². The summed E-state index contributed by atoms with van der Waals surface area (Å²) in [5.74, 6) is 1.37. The molecule has 0 saturated heterocycles. The van der Waals surface area contributed by atoms with Crippen LogP contribution >= 0.6 is 12.2 Å². The van der Waals surface area contributed by atoms with E-state index >= 15 is 0 Å². The van der Waals surface area contributed by atoms with Crippen LogP contribution in [0.5, 0.6) is 11.5 Å². The SMILES string of the molecule is COc1cc(OC)c2nc(C(N)=S)cc(C)c2c1. The maximum Gasteiger partial charge on any atom is 0.148 e. The summed E-state index contributed by atoms with van der Waals surface area (Å²) >= 11 is 4.96. The van der Waals surface area contributed by atoms with Crippen molar-refractivity contribution in [1.82, 2.24) is 4.98 Å². The van der Waals surface area contributed by atoms with Gasteiger partial charge in [-0.2, -0.15) is 0 Å². The molecule has 0 saturated carbocycles. The molecule has 5 heteroatoms. The van der Waals surface area contributed by atoms with Gasteiger partial charge in [0, 0.05) is 11.5 Å². The molecule has 0 aliphatic carbocycles. The zero-order chi connectivity index (χ0) is 13.3. The molecule has 0 radical (unpaired) electrons. The molecule has 94 valence electrons. The number of fused-ring (bicyclic) bond motifs is 1. The van der Waals surface area contributed by atoms with Gasteiger partial charge >= 0.3 is 0 Å². The third-order valence-corrected chi connectivity index (χ3v) is 2.98. The Hall–Kier alpha value is -1.88. The van der Waals surface area contributed by atoms with Crippen molar-refractivity contribution in [1.29, 1.82) is 0 Å². The average molecular weight is 262 g/mol. The molecule has 0 bridgehead atoms. The minimum Gasteiger partial charge on any atom is -0.497 e. The number of benzene rings is 1. The molecule has 0 aliphatic rings. The third-order valence-electron chi connectivity index (χ3n) is 2.77. The van der Waals surface area contributed by atoms with E-state index in [0.29, 0.717) is 11.4 Å². The number of pyridine rings is 1. The zero-order valence-electron chi connectivity index (χ0n) is 10.5. The number of hydrogen-bond acceptors (Lipinski definition) is 4. The van der Waals surface area contributed by atoms with Gasteiger partial charge in [-0.05, 0) is 24.6 Å². The topological polar surface area (TPSA) is 57.4 Å². The molecule has 0 amide bonds. The van der Waals surface area contributed by atoms with Gasteiger partial charge < -0.3 is 15.2 Å². The third kappa shape index (κ3) is 2.09. The largest absolute Gasteiger partial charge is 0.497 e. The van der Waals surface area contributed by atoms with E-state index in [-0.39, 0.29) is 4.99 Å². The Bertz CT molecular complexity index is 626. The number of ether oxygens (including phenoxy) is 2. The Morgan fingerprint density at radius 3 is 2.50 bits per heavy atom. The number of methoxy groups -OCH3 is 2. The van der Waals surface area contributed by atoms with E-state index in [2.05, 4.69) is 4.98 Å². The van der Waals surface area contributed by atoms with Crippen LogP contribution in [-0.4, -0.2) is 24.2 Å². The molecule has 4 nitrogen and oxygen atoms in total. The number of nitrogens with two attached hydrogens (primary N) is 1. The van der Waals surface area contributed by atoms with Gasteiger partial charge in [-0.1, -0.05) is 12.2 Å². The van der Waals surface area contributed by atoms with E-state index in [1.165, 1.54) is 0 Å². The molecule has 2 rings (SSSR count).